The average molecular weight is 350 g/mol. The van der Waals surface area contributed by atoms with Crippen molar-refractivity contribution in [3.8, 4) is 0 Å². The molecule has 0 spiro atoms. The number of rotatable bonds is 5. The molecule has 0 bridgehead atoms. The number of nitrogens with zero attached hydrogens (tertiary/aromatic N) is 1. The Bertz CT molecular complexity index is 822. The molecular formula is C22H26N2O2. The molecule has 1 atom stereocenters. The summed E-state index contributed by atoms with van der Waals surface area (Å²) in [7, 11) is 0. The topological polar surface area (TPSA) is 49.4 Å². The van der Waals surface area contributed by atoms with Crippen LogP contribution in [-0.2, 0) is 11.3 Å². The monoisotopic (exact) mass is 350 g/mol. The highest BCUT2D eigenvalue weighted by Crippen LogP contribution is 2.28. The van der Waals surface area contributed by atoms with Crippen molar-refractivity contribution in [1.29, 1.82) is 0 Å². The molecule has 2 aromatic carbocycles. The van der Waals surface area contributed by atoms with Gasteiger partial charge in [0.05, 0.1) is 0 Å². The van der Waals surface area contributed by atoms with Crippen molar-refractivity contribution in [3.05, 3.63) is 64.7 Å². The van der Waals surface area contributed by atoms with Gasteiger partial charge in [0.1, 0.15) is 6.04 Å². The molecule has 4 nitrogen and oxygen atoms in total. The number of para-hydroxylation sites is 1. The Balaban J connectivity index is 1.87. The molecule has 0 aromatic heterocycles. The number of carbonyl (C=O) groups excluding carboxylic acids is 2. The summed E-state index contributed by atoms with van der Waals surface area (Å²) >= 11 is 0. The minimum atomic E-state index is -0.478. The lowest BCUT2D eigenvalue weighted by Gasteiger charge is -2.28. The lowest BCUT2D eigenvalue weighted by molar-refractivity contribution is -0.121. The van der Waals surface area contributed by atoms with E-state index < -0.39 is 6.04 Å². The second-order valence-electron chi connectivity index (χ2n) is 7.49. The Kier molecular flexibility index (Phi) is 5.12. The molecule has 136 valence electrons. The minimum absolute atomic E-state index is 0.0529. The van der Waals surface area contributed by atoms with Crippen molar-refractivity contribution in [2.24, 2.45) is 5.92 Å². The third-order valence-electron chi connectivity index (χ3n) is 4.95. The second-order valence-corrected chi connectivity index (χ2v) is 7.49. The Morgan fingerprint density at radius 3 is 2.35 bits per heavy atom. The van der Waals surface area contributed by atoms with Crippen molar-refractivity contribution in [2.75, 3.05) is 5.32 Å². The molecule has 4 heteroatoms. The van der Waals surface area contributed by atoms with E-state index >= 15 is 0 Å². The SMILES string of the molecule is Cc1cccc(C)c1NC(=O)[C@H](CC(C)C)N1Cc2ccccc2C1=O. The number of amides is 2. The van der Waals surface area contributed by atoms with E-state index in [4.69, 9.17) is 0 Å². The fraction of sp³-hybridized carbons (Fsp3) is 0.364. The van der Waals surface area contributed by atoms with Gasteiger partial charge < -0.3 is 10.2 Å². The summed E-state index contributed by atoms with van der Waals surface area (Å²) in [5, 5.41) is 3.08. The van der Waals surface area contributed by atoms with Crippen LogP contribution in [0.1, 0.15) is 47.3 Å². The van der Waals surface area contributed by atoms with Crippen molar-refractivity contribution in [3.63, 3.8) is 0 Å². The molecule has 0 radical (unpaired) electrons. The van der Waals surface area contributed by atoms with E-state index in [1.807, 2.05) is 56.3 Å². The summed E-state index contributed by atoms with van der Waals surface area (Å²) in [5.74, 6) is 0.139. The molecule has 0 saturated carbocycles. The third-order valence-corrected chi connectivity index (χ3v) is 4.95. The van der Waals surface area contributed by atoms with E-state index in [0.717, 1.165) is 22.4 Å². The van der Waals surface area contributed by atoms with E-state index in [1.165, 1.54) is 0 Å². The van der Waals surface area contributed by atoms with E-state index in [2.05, 4.69) is 19.2 Å². The molecule has 0 saturated heterocycles. The van der Waals surface area contributed by atoms with Crippen molar-refractivity contribution in [1.82, 2.24) is 4.90 Å². The first kappa shape index (κ1) is 18.2. The van der Waals surface area contributed by atoms with E-state index in [-0.39, 0.29) is 11.8 Å². The first-order chi connectivity index (χ1) is 12.4. The number of aryl methyl sites for hydroxylation is 2. The lowest BCUT2D eigenvalue weighted by atomic mass is 10.0. The predicted octanol–water partition coefficient (Wildman–Crippen LogP) is 4.31. The molecule has 2 aromatic rings. The predicted molar refractivity (Wildman–Crippen MR) is 104 cm³/mol. The van der Waals surface area contributed by atoms with Gasteiger partial charge in [-0.05, 0) is 48.9 Å². The number of benzene rings is 2. The van der Waals surface area contributed by atoms with E-state index in [1.54, 1.807) is 4.90 Å². The summed E-state index contributed by atoms with van der Waals surface area (Å²) in [4.78, 5) is 27.7. The molecule has 0 aliphatic carbocycles. The van der Waals surface area contributed by atoms with Crippen LogP contribution in [0.3, 0.4) is 0 Å². The van der Waals surface area contributed by atoms with Gasteiger partial charge in [-0.2, -0.15) is 0 Å². The summed E-state index contributed by atoms with van der Waals surface area (Å²) in [6, 6.07) is 13.1. The van der Waals surface area contributed by atoms with Gasteiger partial charge in [0.2, 0.25) is 5.91 Å². The number of hydrogen-bond acceptors (Lipinski definition) is 2. The molecule has 1 heterocycles. The first-order valence-electron chi connectivity index (χ1n) is 9.14. The molecule has 1 aliphatic rings. The molecule has 2 amide bonds. The lowest BCUT2D eigenvalue weighted by Crippen LogP contribution is -2.45. The van der Waals surface area contributed by atoms with Crippen LogP contribution in [0.4, 0.5) is 5.69 Å². The van der Waals surface area contributed by atoms with E-state index in [9.17, 15) is 9.59 Å². The molecular weight excluding hydrogens is 324 g/mol. The maximum atomic E-state index is 13.1. The van der Waals surface area contributed by atoms with Gasteiger partial charge >= 0.3 is 0 Å². The maximum absolute atomic E-state index is 13.1. The number of nitrogens with one attached hydrogen (secondary N) is 1. The molecule has 26 heavy (non-hydrogen) atoms. The van der Waals surface area contributed by atoms with Crippen LogP contribution in [0, 0.1) is 19.8 Å². The van der Waals surface area contributed by atoms with Crippen molar-refractivity contribution >= 4 is 17.5 Å². The highest BCUT2D eigenvalue weighted by molar-refractivity contribution is 6.03. The number of hydrogen-bond donors (Lipinski definition) is 1. The fourth-order valence-electron chi connectivity index (χ4n) is 3.57. The average Bonchev–Trinajstić information content (AvgIpc) is 2.93. The zero-order valence-corrected chi connectivity index (χ0v) is 15.9. The molecule has 3 rings (SSSR count). The highest BCUT2D eigenvalue weighted by Gasteiger charge is 2.36. The summed E-state index contributed by atoms with van der Waals surface area (Å²) < 4.78 is 0. The standard InChI is InChI=1S/C22H26N2O2/c1-14(2)12-19(21(25)23-20-15(3)8-7-9-16(20)4)24-13-17-10-5-6-11-18(17)22(24)26/h5-11,14,19H,12-13H2,1-4H3,(H,23,25)/t19-/m0/s1. The van der Waals surface area contributed by atoms with Crippen LogP contribution in [0.15, 0.2) is 42.5 Å². The van der Waals surface area contributed by atoms with Gasteiger partial charge in [-0.3, -0.25) is 9.59 Å². The van der Waals surface area contributed by atoms with Gasteiger partial charge in [-0.1, -0.05) is 50.2 Å². The van der Waals surface area contributed by atoms with Gasteiger partial charge in [0.25, 0.3) is 5.91 Å². The zero-order chi connectivity index (χ0) is 18.8. The normalized spacial score (nSPS) is 14.5. The number of carbonyl (C=O) groups is 2. The van der Waals surface area contributed by atoms with Crippen LogP contribution in [0.2, 0.25) is 0 Å². The van der Waals surface area contributed by atoms with E-state index in [0.29, 0.717) is 24.4 Å². The van der Waals surface area contributed by atoms with Gasteiger partial charge in [0.15, 0.2) is 0 Å². The minimum Gasteiger partial charge on any atom is -0.324 e. The van der Waals surface area contributed by atoms with Crippen molar-refractivity contribution < 1.29 is 9.59 Å². The molecule has 1 aliphatic heterocycles. The third kappa shape index (κ3) is 3.50. The molecule has 1 N–H and O–H groups in total. The fourth-order valence-corrected chi connectivity index (χ4v) is 3.57. The Morgan fingerprint density at radius 1 is 1.08 bits per heavy atom. The Labute approximate surface area is 155 Å². The zero-order valence-electron chi connectivity index (χ0n) is 15.9. The first-order valence-corrected chi connectivity index (χ1v) is 9.14. The Morgan fingerprint density at radius 2 is 1.73 bits per heavy atom. The largest absolute Gasteiger partial charge is 0.324 e. The summed E-state index contributed by atoms with van der Waals surface area (Å²) in [5.41, 5.74) is 4.60. The van der Waals surface area contributed by atoms with Crippen LogP contribution in [0.5, 0.6) is 0 Å². The second kappa shape index (κ2) is 7.32. The molecule has 0 fully saturated rings. The maximum Gasteiger partial charge on any atom is 0.255 e. The van der Waals surface area contributed by atoms with Gasteiger partial charge in [0, 0.05) is 17.8 Å². The smallest absolute Gasteiger partial charge is 0.255 e. The highest BCUT2D eigenvalue weighted by atomic mass is 16.2. The summed E-state index contributed by atoms with van der Waals surface area (Å²) in [6.07, 6.45) is 0.635. The van der Waals surface area contributed by atoms with Crippen LogP contribution < -0.4 is 5.32 Å². The van der Waals surface area contributed by atoms with Crippen molar-refractivity contribution in [2.45, 2.75) is 46.7 Å². The Hall–Kier alpha value is -2.62. The summed E-state index contributed by atoms with van der Waals surface area (Å²) in [6.45, 7) is 8.61. The van der Waals surface area contributed by atoms with Crippen LogP contribution in [-0.4, -0.2) is 22.8 Å². The molecule has 0 unspecified atom stereocenters. The van der Waals surface area contributed by atoms with Gasteiger partial charge in [-0.25, -0.2) is 0 Å². The quantitative estimate of drug-likeness (QED) is 0.873. The van der Waals surface area contributed by atoms with Gasteiger partial charge in [-0.15, -0.1) is 0 Å². The number of fused-ring (bicyclic) bond motifs is 1. The van der Waals surface area contributed by atoms with Crippen LogP contribution >= 0.6 is 0 Å². The number of anilines is 1. The van der Waals surface area contributed by atoms with Crippen LogP contribution in [0.25, 0.3) is 0 Å².